The van der Waals surface area contributed by atoms with Crippen LogP contribution in [0.25, 0.3) is 5.76 Å². The molecule has 0 saturated carbocycles. The second-order valence-electron chi connectivity index (χ2n) is 2.85. The lowest BCUT2D eigenvalue weighted by Gasteiger charge is -2.11. The number of rotatable bonds is 3. The molecule has 1 nitrogen and oxygen atoms in total. The summed E-state index contributed by atoms with van der Waals surface area (Å²) in [5.74, 6) is 0.765. The Bertz CT molecular complexity index is 282. The molecule has 69 valence electrons. The fraction of sp³-hybridized carbons (Fsp3) is 0.200. The van der Waals surface area contributed by atoms with Gasteiger partial charge < -0.3 is 4.43 Å². The molecule has 0 fully saturated rings. The van der Waals surface area contributed by atoms with Gasteiger partial charge in [-0.1, -0.05) is 41.9 Å². The largest absolute Gasteiger partial charge is 0.542 e. The predicted molar refractivity (Wildman–Crippen MR) is 58.8 cm³/mol. The van der Waals surface area contributed by atoms with E-state index < -0.39 is 9.04 Å². The number of halogens is 1. The third-order valence-corrected chi connectivity index (χ3v) is 2.30. The summed E-state index contributed by atoms with van der Waals surface area (Å²) >= 11 is 5.68. The Morgan fingerprint density at radius 1 is 1.31 bits per heavy atom. The molecule has 3 heteroatoms. The summed E-state index contributed by atoms with van der Waals surface area (Å²) in [5, 5.41) is 0. The Kier molecular flexibility index (Phi) is 4.06. The maximum atomic E-state index is 5.68. The summed E-state index contributed by atoms with van der Waals surface area (Å²) in [4.78, 5) is 0. The van der Waals surface area contributed by atoms with Crippen molar-refractivity contribution < 1.29 is 4.43 Å². The van der Waals surface area contributed by atoms with Crippen LogP contribution in [0.4, 0.5) is 0 Å². The van der Waals surface area contributed by atoms with E-state index in [1.54, 1.807) is 0 Å². The van der Waals surface area contributed by atoms with Crippen molar-refractivity contribution in [3.63, 3.8) is 0 Å². The molecule has 0 heterocycles. The van der Waals surface area contributed by atoms with Crippen LogP contribution in [0.1, 0.15) is 5.56 Å². The van der Waals surface area contributed by atoms with Gasteiger partial charge in [-0.05, 0) is 13.1 Å². The standard InChI is InChI=1S/C10H12ClOSi/c1-13(2)12-10(8-11)9-6-4-3-5-7-9/h3-8H,1-2H3/b10-8+. The van der Waals surface area contributed by atoms with Crippen molar-refractivity contribution in [1.29, 1.82) is 0 Å². The molecule has 0 aliphatic carbocycles. The van der Waals surface area contributed by atoms with Crippen molar-refractivity contribution in [3.8, 4) is 0 Å². The van der Waals surface area contributed by atoms with E-state index in [1.165, 1.54) is 5.54 Å². The zero-order chi connectivity index (χ0) is 9.68. The molecule has 0 saturated heterocycles. The molecule has 0 bridgehead atoms. The zero-order valence-electron chi connectivity index (χ0n) is 7.75. The summed E-state index contributed by atoms with van der Waals surface area (Å²) in [6.45, 7) is 4.15. The molecular weight excluding hydrogens is 200 g/mol. The van der Waals surface area contributed by atoms with E-state index in [0.29, 0.717) is 0 Å². The van der Waals surface area contributed by atoms with Crippen LogP contribution < -0.4 is 0 Å². The third-order valence-electron chi connectivity index (χ3n) is 1.47. The average Bonchev–Trinajstić information content (AvgIpc) is 2.15. The van der Waals surface area contributed by atoms with E-state index in [2.05, 4.69) is 13.1 Å². The van der Waals surface area contributed by atoms with Gasteiger partial charge in [0.1, 0.15) is 5.76 Å². The van der Waals surface area contributed by atoms with Gasteiger partial charge in [-0.15, -0.1) is 0 Å². The molecule has 1 radical (unpaired) electrons. The number of benzene rings is 1. The molecule has 1 aromatic carbocycles. The summed E-state index contributed by atoms with van der Waals surface area (Å²) in [6, 6.07) is 9.88. The van der Waals surface area contributed by atoms with Crippen LogP contribution in [0.3, 0.4) is 0 Å². The van der Waals surface area contributed by atoms with Crippen LogP contribution in [0.5, 0.6) is 0 Å². The second kappa shape index (κ2) is 5.10. The van der Waals surface area contributed by atoms with Crippen molar-refractivity contribution in [2.45, 2.75) is 13.1 Å². The lowest BCUT2D eigenvalue weighted by Crippen LogP contribution is -2.06. The van der Waals surface area contributed by atoms with E-state index in [0.717, 1.165) is 11.3 Å². The molecule has 0 amide bonds. The first kappa shape index (κ1) is 10.3. The molecule has 0 aliphatic heterocycles. The quantitative estimate of drug-likeness (QED) is 0.550. The van der Waals surface area contributed by atoms with Gasteiger partial charge in [-0.25, -0.2) is 0 Å². The first-order valence-corrected chi connectivity index (χ1v) is 6.92. The van der Waals surface area contributed by atoms with E-state index in [1.807, 2.05) is 30.3 Å². The highest BCUT2D eigenvalue weighted by Crippen LogP contribution is 2.17. The summed E-state index contributed by atoms with van der Waals surface area (Å²) < 4.78 is 5.62. The van der Waals surface area contributed by atoms with Crippen molar-refractivity contribution >= 4 is 26.4 Å². The van der Waals surface area contributed by atoms with Crippen LogP contribution in [0, 0.1) is 0 Å². The summed E-state index contributed by atoms with van der Waals surface area (Å²) in [6.07, 6.45) is 0. The van der Waals surface area contributed by atoms with Crippen LogP contribution in [-0.2, 0) is 4.43 Å². The van der Waals surface area contributed by atoms with Crippen molar-refractivity contribution in [1.82, 2.24) is 0 Å². The summed E-state index contributed by atoms with van der Waals surface area (Å²) in [5.41, 5.74) is 2.52. The Hall–Kier alpha value is -0.733. The van der Waals surface area contributed by atoms with Crippen LogP contribution >= 0.6 is 11.6 Å². The molecule has 0 spiro atoms. The average molecular weight is 212 g/mol. The Labute approximate surface area is 85.7 Å². The maximum absolute atomic E-state index is 5.68. The third kappa shape index (κ3) is 3.25. The lowest BCUT2D eigenvalue weighted by molar-refractivity contribution is 0.538. The molecule has 0 atom stereocenters. The monoisotopic (exact) mass is 211 g/mol. The molecule has 1 aromatic rings. The van der Waals surface area contributed by atoms with Gasteiger partial charge in [-0.2, -0.15) is 0 Å². The van der Waals surface area contributed by atoms with Crippen molar-refractivity contribution in [3.05, 3.63) is 41.4 Å². The number of hydrogen-bond donors (Lipinski definition) is 0. The van der Waals surface area contributed by atoms with Crippen molar-refractivity contribution in [2.75, 3.05) is 0 Å². The highest BCUT2D eigenvalue weighted by atomic mass is 35.5. The first-order chi connectivity index (χ1) is 6.24. The van der Waals surface area contributed by atoms with E-state index in [4.69, 9.17) is 16.0 Å². The van der Waals surface area contributed by atoms with E-state index in [9.17, 15) is 0 Å². The first-order valence-electron chi connectivity index (χ1n) is 4.08. The predicted octanol–water partition coefficient (Wildman–Crippen LogP) is 3.49. The highest BCUT2D eigenvalue weighted by molar-refractivity contribution is 6.49. The van der Waals surface area contributed by atoms with Gasteiger partial charge in [0.25, 0.3) is 9.04 Å². The lowest BCUT2D eigenvalue weighted by atomic mass is 10.2. The molecule has 0 aromatic heterocycles. The smallest absolute Gasteiger partial charge is 0.274 e. The van der Waals surface area contributed by atoms with Gasteiger partial charge in [-0.3, -0.25) is 0 Å². The Morgan fingerprint density at radius 3 is 2.38 bits per heavy atom. The van der Waals surface area contributed by atoms with Crippen molar-refractivity contribution in [2.24, 2.45) is 0 Å². The van der Waals surface area contributed by atoms with Crippen LogP contribution in [0.15, 0.2) is 35.9 Å². The van der Waals surface area contributed by atoms with E-state index >= 15 is 0 Å². The molecule has 0 unspecified atom stereocenters. The minimum atomic E-state index is -0.745. The fourth-order valence-electron chi connectivity index (χ4n) is 0.967. The minimum Gasteiger partial charge on any atom is -0.542 e. The van der Waals surface area contributed by atoms with Gasteiger partial charge in [0.05, 0.1) is 0 Å². The van der Waals surface area contributed by atoms with Gasteiger partial charge >= 0.3 is 0 Å². The van der Waals surface area contributed by atoms with Gasteiger partial charge in [0.15, 0.2) is 0 Å². The summed E-state index contributed by atoms with van der Waals surface area (Å²) in [7, 11) is -0.745. The Balaban J connectivity index is 2.80. The van der Waals surface area contributed by atoms with Crippen LogP contribution in [-0.4, -0.2) is 9.04 Å². The molecule has 1 rings (SSSR count). The van der Waals surface area contributed by atoms with Gasteiger partial charge in [0.2, 0.25) is 0 Å². The minimum absolute atomic E-state index is 0.745. The fourth-order valence-corrected chi connectivity index (χ4v) is 1.83. The van der Waals surface area contributed by atoms with Gasteiger partial charge in [0, 0.05) is 11.1 Å². The Morgan fingerprint density at radius 2 is 1.92 bits per heavy atom. The molecule has 0 aliphatic rings. The second-order valence-corrected chi connectivity index (χ2v) is 5.09. The SMILES string of the molecule is C[Si](C)O/C(=C/Cl)c1ccccc1. The van der Waals surface area contributed by atoms with Crippen LogP contribution in [0.2, 0.25) is 13.1 Å². The topological polar surface area (TPSA) is 9.23 Å². The zero-order valence-corrected chi connectivity index (χ0v) is 9.51. The highest BCUT2D eigenvalue weighted by Gasteiger charge is 2.04. The van der Waals surface area contributed by atoms with E-state index in [-0.39, 0.29) is 0 Å². The maximum Gasteiger partial charge on any atom is 0.274 e. The normalized spacial score (nSPS) is 11.8. The number of hydrogen-bond acceptors (Lipinski definition) is 1. The molecule has 13 heavy (non-hydrogen) atoms. The molecular formula is C10H12ClOSi. The molecule has 0 N–H and O–H groups in total.